The molecule has 0 atom stereocenters. The zero-order valence-corrected chi connectivity index (χ0v) is 8.30. The Labute approximate surface area is 81.9 Å². The first-order valence-electron chi connectivity index (χ1n) is 3.04. The maximum atomic E-state index is 10.5. The van der Waals surface area contributed by atoms with Gasteiger partial charge in [-0.3, -0.25) is 4.55 Å². The lowest BCUT2D eigenvalue weighted by Crippen LogP contribution is -1.96. The fourth-order valence-corrected chi connectivity index (χ4v) is 1.19. The highest BCUT2D eigenvalue weighted by Crippen LogP contribution is 2.08. The number of hydrogen-bond acceptors (Lipinski definition) is 2. The van der Waals surface area contributed by atoms with Crippen molar-refractivity contribution < 1.29 is 29.4 Å². The van der Waals surface area contributed by atoms with Gasteiger partial charge in [0.15, 0.2) is 0 Å². The molecule has 0 saturated heterocycles. The van der Waals surface area contributed by atoms with Crippen LogP contribution in [0.25, 0.3) is 0 Å². The summed E-state index contributed by atoms with van der Waals surface area (Å²) in [5, 5.41) is 0. The van der Waals surface area contributed by atoms with Gasteiger partial charge in [0.05, 0.1) is 4.90 Å². The van der Waals surface area contributed by atoms with Crippen molar-refractivity contribution >= 4 is 10.1 Å². The lowest BCUT2D eigenvalue weighted by molar-refractivity contribution is 0.483. The van der Waals surface area contributed by atoms with Crippen LogP contribution in [-0.2, 0) is 10.1 Å². The van der Waals surface area contributed by atoms with Gasteiger partial charge in [0.2, 0.25) is 0 Å². The topological polar surface area (TPSA) is 149 Å². The molecule has 0 spiro atoms. The molecule has 0 aromatic heterocycles. The number of aryl methyl sites for hydroxylation is 1. The van der Waals surface area contributed by atoms with E-state index in [-0.39, 0.29) is 21.3 Å². The normalized spacial score (nSPS) is 9.00. The molecule has 0 amide bonds. The molecule has 0 radical (unpaired) electrons. The standard InChI is InChI=1S/C7H8O3S.3H2O/c1-6-2-4-7(5-3-6)11(8,9)10;;;/h2-5H,1H3,(H,8,9,10);3*1H2. The Morgan fingerprint density at radius 1 is 1.00 bits per heavy atom. The van der Waals surface area contributed by atoms with Crippen molar-refractivity contribution in [3.8, 4) is 0 Å². The average molecular weight is 226 g/mol. The molecule has 1 aromatic rings. The van der Waals surface area contributed by atoms with Crippen molar-refractivity contribution in [1.29, 1.82) is 0 Å². The summed E-state index contributed by atoms with van der Waals surface area (Å²) in [6.07, 6.45) is 0. The van der Waals surface area contributed by atoms with Crippen LogP contribution in [0.1, 0.15) is 5.56 Å². The van der Waals surface area contributed by atoms with E-state index in [4.69, 9.17) is 4.55 Å². The van der Waals surface area contributed by atoms with Gasteiger partial charge in [-0.15, -0.1) is 0 Å². The molecule has 84 valence electrons. The lowest BCUT2D eigenvalue weighted by Gasteiger charge is -1.95. The van der Waals surface area contributed by atoms with Crippen LogP contribution in [0.15, 0.2) is 29.2 Å². The van der Waals surface area contributed by atoms with Crippen molar-refractivity contribution in [3.63, 3.8) is 0 Å². The molecular formula is C7H14O6S. The van der Waals surface area contributed by atoms with Crippen molar-refractivity contribution in [3.05, 3.63) is 29.8 Å². The first-order chi connectivity index (χ1) is 5.00. The summed E-state index contributed by atoms with van der Waals surface area (Å²) in [5.41, 5.74) is 0.956. The van der Waals surface area contributed by atoms with Crippen LogP contribution in [0.2, 0.25) is 0 Å². The van der Waals surface area contributed by atoms with E-state index in [1.165, 1.54) is 12.1 Å². The van der Waals surface area contributed by atoms with Gasteiger partial charge in [-0.25, -0.2) is 0 Å². The second-order valence-corrected chi connectivity index (χ2v) is 3.71. The van der Waals surface area contributed by atoms with E-state index in [0.29, 0.717) is 0 Å². The Kier molecular flexibility index (Phi) is 8.64. The molecule has 0 aliphatic heterocycles. The summed E-state index contributed by atoms with van der Waals surface area (Å²) >= 11 is 0. The zero-order valence-electron chi connectivity index (χ0n) is 7.48. The second kappa shape index (κ2) is 6.46. The molecule has 1 rings (SSSR count). The lowest BCUT2D eigenvalue weighted by atomic mass is 10.2. The van der Waals surface area contributed by atoms with Crippen molar-refractivity contribution in [1.82, 2.24) is 0 Å². The van der Waals surface area contributed by atoms with Gasteiger partial charge in [0, 0.05) is 0 Å². The zero-order chi connectivity index (χ0) is 8.48. The molecule has 1 aromatic carbocycles. The molecule has 14 heavy (non-hydrogen) atoms. The van der Waals surface area contributed by atoms with Gasteiger partial charge in [-0.05, 0) is 19.1 Å². The van der Waals surface area contributed by atoms with E-state index in [1.54, 1.807) is 12.1 Å². The Balaban J connectivity index is -0.000000403. The molecule has 0 unspecified atom stereocenters. The van der Waals surface area contributed by atoms with Gasteiger partial charge in [0.1, 0.15) is 0 Å². The minimum atomic E-state index is -4.02. The van der Waals surface area contributed by atoms with E-state index in [9.17, 15) is 8.42 Å². The fourth-order valence-electron chi connectivity index (χ4n) is 0.710. The highest BCUT2D eigenvalue weighted by Gasteiger charge is 2.06. The first kappa shape index (κ1) is 18.7. The quantitative estimate of drug-likeness (QED) is 0.597. The van der Waals surface area contributed by atoms with E-state index in [0.717, 1.165) is 5.56 Å². The van der Waals surface area contributed by atoms with Gasteiger partial charge < -0.3 is 16.4 Å². The molecule has 0 bridgehead atoms. The SMILES string of the molecule is Cc1ccc(S(=O)(=O)O)cc1.O.O.O. The molecular weight excluding hydrogens is 212 g/mol. The fraction of sp³-hybridized carbons (Fsp3) is 0.143. The molecule has 0 aliphatic rings. The third kappa shape index (κ3) is 4.90. The van der Waals surface area contributed by atoms with Crippen molar-refractivity contribution in [2.75, 3.05) is 0 Å². The van der Waals surface area contributed by atoms with Crippen LogP contribution in [0, 0.1) is 6.92 Å². The van der Waals surface area contributed by atoms with Crippen molar-refractivity contribution in [2.24, 2.45) is 0 Å². The molecule has 7 N–H and O–H groups in total. The van der Waals surface area contributed by atoms with Gasteiger partial charge in [0.25, 0.3) is 10.1 Å². The van der Waals surface area contributed by atoms with Crippen LogP contribution in [0.5, 0.6) is 0 Å². The Bertz CT molecular complexity index is 341. The average Bonchev–Trinajstić information content (AvgIpc) is 1.86. The highest BCUT2D eigenvalue weighted by molar-refractivity contribution is 7.85. The van der Waals surface area contributed by atoms with E-state index < -0.39 is 10.1 Å². The van der Waals surface area contributed by atoms with Crippen LogP contribution in [0.4, 0.5) is 0 Å². The molecule has 0 saturated carbocycles. The van der Waals surface area contributed by atoms with Crippen molar-refractivity contribution in [2.45, 2.75) is 11.8 Å². The van der Waals surface area contributed by atoms with E-state index in [2.05, 4.69) is 0 Å². The van der Waals surface area contributed by atoms with Crippen LogP contribution in [-0.4, -0.2) is 29.4 Å². The van der Waals surface area contributed by atoms with Crippen LogP contribution < -0.4 is 0 Å². The predicted molar refractivity (Wildman–Crippen MR) is 51.8 cm³/mol. The maximum absolute atomic E-state index is 10.5. The minimum absolute atomic E-state index is 0. The first-order valence-corrected chi connectivity index (χ1v) is 4.48. The summed E-state index contributed by atoms with van der Waals surface area (Å²) in [4.78, 5) is -0.0666. The number of rotatable bonds is 1. The second-order valence-electron chi connectivity index (χ2n) is 2.29. The van der Waals surface area contributed by atoms with Crippen LogP contribution >= 0.6 is 0 Å². The largest absolute Gasteiger partial charge is 0.412 e. The highest BCUT2D eigenvalue weighted by atomic mass is 32.2. The van der Waals surface area contributed by atoms with Gasteiger partial charge in [-0.2, -0.15) is 8.42 Å². The summed E-state index contributed by atoms with van der Waals surface area (Å²) in [5.74, 6) is 0. The molecule has 6 nitrogen and oxygen atoms in total. The predicted octanol–water partition coefficient (Wildman–Crippen LogP) is -1.23. The summed E-state index contributed by atoms with van der Waals surface area (Å²) < 4.78 is 29.6. The Morgan fingerprint density at radius 2 is 1.36 bits per heavy atom. The summed E-state index contributed by atoms with van der Waals surface area (Å²) in [6.45, 7) is 1.84. The molecule has 7 heteroatoms. The molecule has 0 fully saturated rings. The molecule has 0 aliphatic carbocycles. The maximum Gasteiger partial charge on any atom is 0.294 e. The molecule has 0 heterocycles. The van der Waals surface area contributed by atoms with Gasteiger partial charge in [-0.1, -0.05) is 17.7 Å². The van der Waals surface area contributed by atoms with Gasteiger partial charge >= 0.3 is 0 Å². The summed E-state index contributed by atoms with van der Waals surface area (Å²) in [6, 6.07) is 5.99. The number of benzene rings is 1. The third-order valence-corrected chi connectivity index (χ3v) is 2.19. The summed E-state index contributed by atoms with van der Waals surface area (Å²) in [7, 11) is -4.02. The monoisotopic (exact) mass is 226 g/mol. The van der Waals surface area contributed by atoms with E-state index in [1.807, 2.05) is 6.92 Å². The van der Waals surface area contributed by atoms with Crippen LogP contribution in [0.3, 0.4) is 0 Å². The Hall–Kier alpha value is -0.990. The Morgan fingerprint density at radius 3 is 1.64 bits per heavy atom. The third-order valence-electron chi connectivity index (χ3n) is 1.32. The van der Waals surface area contributed by atoms with E-state index >= 15 is 0 Å². The smallest absolute Gasteiger partial charge is 0.294 e. The minimum Gasteiger partial charge on any atom is -0.412 e. The number of hydrogen-bond donors (Lipinski definition) is 1.